The van der Waals surface area contributed by atoms with Crippen LogP contribution in [0.15, 0.2) is 11.6 Å². The van der Waals surface area contributed by atoms with Crippen molar-refractivity contribution in [1.29, 1.82) is 0 Å². The molecule has 1 aromatic heterocycles. The molecule has 0 aliphatic rings. The Kier molecular flexibility index (Phi) is 2.58. The standard InChI is InChI=1S/C2H2N2S.CH3/c1-2-5-4-3-1;/h1-2H;1H3. The molecule has 1 heterocycles. The predicted octanol–water partition coefficient (Wildman–Crippen LogP) is 0.988. The summed E-state index contributed by atoms with van der Waals surface area (Å²) in [6, 6.07) is 0. The first-order valence-corrected chi connectivity index (χ1v) is 2.05. The van der Waals surface area contributed by atoms with Crippen LogP contribution in [0.4, 0.5) is 0 Å². The van der Waals surface area contributed by atoms with Gasteiger partial charge in [0, 0.05) is 5.38 Å². The largest absolute Gasteiger partial charge is 0.147 e. The average molecular weight is 101 g/mol. The Morgan fingerprint density at radius 2 is 2.33 bits per heavy atom. The first kappa shape index (κ1) is 5.56. The van der Waals surface area contributed by atoms with Crippen LogP contribution in [0.3, 0.4) is 0 Å². The van der Waals surface area contributed by atoms with Gasteiger partial charge in [0.1, 0.15) is 0 Å². The lowest BCUT2D eigenvalue weighted by Crippen LogP contribution is -1.51. The lowest BCUT2D eigenvalue weighted by Gasteiger charge is -1.40. The van der Waals surface area contributed by atoms with Crippen LogP contribution in [0.1, 0.15) is 0 Å². The van der Waals surface area contributed by atoms with Gasteiger partial charge in [-0.25, -0.2) is 0 Å². The van der Waals surface area contributed by atoms with Gasteiger partial charge < -0.3 is 0 Å². The van der Waals surface area contributed by atoms with Crippen molar-refractivity contribution < 1.29 is 0 Å². The number of hydrogen-bond donors (Lipinski definition) is 0. The molecule has 33 valence electrons. The van der Waals surface area contributed by atoms with E-state index in [0.29, 0.717) is 0 Å². The number of rotatable bonds is 0. The summed E-state index contributed by atoms with van der Waals surface area (Å²) in [5, 5.41) is 5.31. The van der Waals surface area contributed by atoms with Crippen molar-refractivity contribution in [2.75, 3.05) is 0 Å². The predicted molar refractivity (Wildman–Crippen MR) is 26.3 cm³/mol. The molecule has 0 fully saturated rings. The van der Waals surface area contributed by atoms with Gasteiger partial charge in [-0.2, -0.15) is 0 Å². The quantitative estimate of drug-likeness (QED) is 0.487. The summed E-state index contributed by atoms with van der Waals surface area (Å²) in [6.45, 7) is 0. The fraction of sp³-hybridized carbons (Fsp3) is 0. The van der Waals surface area contributed by atoms with E-state index in [2.05, 4.69) is 9.59 Å². The summed E-state index contributed by atoms with van der Waals surface area (Å²) in [4.78, 5) is 0. The molecular weight excluding hydrogens is 96.1 g/mol. The first-order chi connectivity index (χ1) is 2.50. The van der Waals surface area contributed by atoms with Crippen molar-refractivity contribution in [2.45, 2.75) is 0 Å². The van der Waals surface area contributed by atoms with E-state index in [1.807, 2.05) is 5.38 Å². The van der Waals surface area contributed by atoms with E-state index in [1.165, 1.54) is 11.5 Å². The minimum atomic E-state index is 0. The lowest BCUT2D eigenvalue weighted by molar-refractivity contribution is 1.16. The minimum Gasteiger partial charge on any atom is -0.147 e. The monoisotopic (exact) mass is 101 g/mol. The molecule has 0 aliphatic heterocycles. The van der Waals surface area contributed by atoms with E-state index >= 15 is 0 Å². The van der Waals surface area contributed by atoms with Crippen LogP contribution in [0.25, 0.3) is 0 Å². The van der Waals surface area contributed by atoms with Crippen molar-refractivity contribution in [3.63, 3.8) is 0 Å². The minimum absolute atomic E-state index is 0. The zero-order valence-corrected chi connectivity index (χ0v) is 4.27. The van der Waals surface area contributed by atoms with Gasteiger partial charge in [0.2, 0.25) is 0 Å². The molecule has 3 heteroatoms. The Hall–Kier alpha value is -0.440. The van der Waals surface area contributed by atoms with Gasteiger partial charge in [0.15, 0.2) is 0 Å². The second-order valence-electron chi connectivity index (χ2n) is 0.588. The Labute approximate surface area is 41.0 Å². The van der Waals surface area contributed by atoms with Gasteiger partial charge in [-0.05, 0) is 11.5 Å². The number of hydrogen-bond acceptors (Lipinski definition) is 3. The highest BCUT2D eigenvalue weighted by Crippen LogP contribution is 1.78. The molecule has 0 spiro atoms. The van der Waals surface area contributed by atoms with Crippen LogP contribution in [0.2, 0.25) is 0 Å². The molecule has 0 N–H and O–H groups in total. The fourth-order valence-electron chi connectivity index (χ4n) is 0.136. The first-order valence-electron chi connectivity index (χ1n) is 1.21. The van der Waals surface area contributed by atoms with Gasteiger partial charge in [0.05, 0.1) is 6.20 Å². The summed E-state index contributed by atoms with van der Waals surface area (Å²) in [7, 11) is 0. The molecule has 1 aromatic rings. The summed E-state index contributed by atoms with van der Waals surface area (Å²) < 4.78 is 3.51. The molecule has 0 aromatic carbocycles. The van der Waals surface area contributed by atoms with Crippen molar-refractivity contribution in [3.05, 3.63) is 19.0 Å². The fourth-order valence-corrected chi connectivity index (χ4v) is 0.408. The molecule has 0 atom stereocenters. The highest BCUT2D eigenvalue weighted by atomic mass is 32.1. The van der Waals surface area contributed by atoms with Crippen molar-refractivity contribution in [3.8, 4) is 0 Å². The maximum atomic E-state index is 3.51. The number of nitrogens with zero attached hydrogens (tertiary/aromatic N) is 2. The van der Waals surface area contributed by atoms with Crippen LogP contribution in [0.5, 0.6) is 0 Å². The molecule has 0 aliphatic carbocycles. The highest BCUT2D eigenvalue weighted by Gasteiger charge is 1.61. The normalized spacial score (nSPS) is 6.67. The highest BCUT2D eigenvalue weighted by molar-refractivity contribution is 7.03. The van der Waals surface area contributed by atoms with Crippen LogP contribution >= 0.6 is 11.5 Å². The second kappa shape index (κ2) is 2.78. The Morgan fingerprint density at radius 3 is 2.50 bits per heavy atom. The van der Waals surface area contributed by atoms with Crippen molar-refractivity contribution in [1.82, 2.24) is 9.59 Å². The third kappa shape index (κ3) is 1.12. The van der Waals surface area contributed by atoms with Crippen LogP contribution < -0.4 is 0 Å². The Bertz CT molecular complexity index is 65.3. The topological polar surface area (TPSA) is 25.8 Å². The maximum Gasteiger partial charge on any atom is 0.0620 e. The molecule has 0 saturated heterocycles. The SMILES string of the molecule is [CH3].c1csnn1. The summed E-state index contributed by atoms with van der Waals surface area (Å²) in [6.07, 6.45) is 1.66. The third-order valence-electron chi connectivity index (χ3n) is 0.283. The summed E-state index contributed by atoms with van der Waals surface area (Å²) in [5.74, 6) is 0. The molecule has 2 nitrogen and oxygen atoms in total. The Balaban J connectivity index is 0.000000250. The number of aromatic nitrogens is 2. The van der Waals surface area contributed by atoms with Gasteiger partial charge in [-0.1, -0.05) is 11.9 Å². The third-order valence-corrected chi connectivity index (χ3v) is 0.715. The van der Waals surface area contributed by atoms with Gasteiger partial charge in [-0.3, -0.25) is 0 Å². The molecule has 1 radical (unpaired) electrons. The molecule has 1 rings (SSSR count). The second-order valence-corrected chi connectivity index (χ2v) is 1.23. The maximum absolute atomic E-state index is 3.51. The zero-order valence-electron chi connectivity index (χ0n) is 3.46. The van der Waals surface area contributed by atoms with Gasteiger partial charge >= 0.3 is 0 Å². The average Bonchev–Trinajstić information content (AvgIpc) is 1.76. The molecule has 0 saturated carbocycles. The molecule has 0 amide bonds. The van der Waals surface area contributed by atoms with E-state index in [0.717, 1.165) is 0 Å². The summed E-state index contributed by atoms with van der Waals surface area (Å²) in [5.41, 5.74) is 0. The van der Waals surface area contributed by atoms with E-state index in [4.69, 9.17) is 0 Å². The zero-order chi connectivity index (χ0) is 3.54. The van der Waals surface area contributed by atoms with Crippen LogP contribution in [0, 0.1) is 7.43 Å². The van der Waals surface area contributed by atoms with Crippen molar-refractivity contribution >= 4 is 11.5 Å². The molecule has 0 bridgehead atoms. The molecule has 6 heavy (non-hydrogen) atoms. The van der Waals surface area contributed by atoms with Crippen LogP contribution in [-0.2, 0) is 0 Å². The van der Waals surface area contributed by atoms with Crippen LogP contribution in [-0.4, -0.2) is 9.59 Å². The van der Waals surface area contributed by atoms with E-state index in [1.54, 1.807) is 6.20 Å². The van der Waals surface area contributed by atoms with E-state index in [9.17, 15) is 0 Å². The Morgan fingerprint density at radius 1 is 1.50 bits per heavy atom. The van der Waals surface area contributed by atoms with Gasteiger partial charge in [0.25, 0.3) is 0 Å². The van der Waals surface area contributed by atoms with E-state index < -0.39 is 0 Å². The molecule has 0 unspecified atom stereocenters. The van der Waals surface area contributed by atoms with Crippen molar-refractivity contribution in [2.24, 2.45) is 0 Å². The van der Waals surface area contributed by atoms with Gasteiger partial charge in [-0.15, -0.1) is 5.10 Å². The lowest BCUT2D eigenvalue weighted by atomic mass is 11.1. The summed E-state index contributed by atoms with van der Waals surface area (Å²) >= 11 is 1.35. The smallest absolute Gasteiger partial charge is 0.0620 e. The van der Waals surface area contributed by atoms with E-state index in [-0.39, 0.29) is 7.43 Å². The molecular formula is C3H5N2S.